The molecule has 54 heavy (non-hydrogen) atoms. The molecule has 8 nitrogen and oxygen atoms in total. The van der Waals surface area contributed by atoms with Crippen molar-refractivity contribution in [2.45, 2.75) is 225 Å². The lowest BCUT2D eigenvalue weighted by molar-refractivity contribution is -0.161. The summed E-state index contributed by atoms with van der Waals surface area (Å²) < 4.78 is 26.4. The number of allylic oxidation sites excluding steroid dienone is 6. The van der Waals surface area contributed by atoms with Gasteiger partial charge in [0.05, 0.1) is 6.61 Å². The smallest absolute Gasteiger partial charge is 0.462 e. The molecule has 0 spiro atoms. The fourth-order valence-electron chi connectivity index (χ4n) is 6.28. The Balaban J connectivity index is 3.87. The zero-order valence-electron chi connectivity index (χ0n) is 34.9. The second-order valence-corrected chi connectivity index (χ2v) is 16.3. The fourth-order valence-corrected chi connectivity index (χ4v) is 6.64. The Hall–Kier alpha value is -1.73. The van der Waals surface area contributed by atoms with Gasteiger partial charge in [0.1, 0.15) is 6.61 Å². The highest BCUT2D eigenvalue weighted by Gasteiger charge is 2.22. The van der Waals surface area contributed by atoms with Crippen LogP contribution in [0.3, 0.4) is 0 Å². The summed E-state index contributed by atoms with van der Waals surface area (Å²) in [5.41, 5.74) is 0. The number of hydrogen-bond acceptors (Lipinski definition) is 6. The molecule has 0 heterocycles. The minimum absolute atomic E-state index is 0.197. The predicted octanol–water partition coefficient (Wildman–Crippen LogP) is 13.7. The fraction of sp³-hybridized carbons (Fsp3) is 0.822. The van der Waals surface area contributed by atoms with Crippen LogP contribution in [0.1, 0.15) is 219 Å². The monoisotopic (exact) mass is 783 g/mol. The minimum atomic E-state index is -4.76. The first-order valence-corrected chi connectivity index (χ1v) is 23.8. The summed E-state index contributed by atoms with van der Waals surface area (Å²) in [6.45, 7) is 3.66. The van der Waals surface area contributed by atoms with Crippen LogP contribution in [0.25, 0.3) is 0 Å². The Bertz CT molecular complexity index is 973. The average molecular weight is 783 g/mol. The molecule has 0 radical (unpaired) electrons. The van der Waals surface area contributed by atoms with Gasteiger partial charge in [0, 0.05) is 12.8 Å². The van der Waals surface area contributed by atoms with Crippen molar-refractivity contribution in [2.75, 3.05) is 13.2 Å². The van der Waals surface area contributed by atoms with E-state index in [1.807, 2.05) is 0 Å². The third-order valence-electron chi connectivity index (χ3n) is 9.63. The Morgan fingerprint density at radius 1 is 0.481 bits per heavy atom. The van der Waals surface area contributed by atoms with Crippen LogP contribution in [0.4, 0.5) is 0 Å². The largest absolute Gasteiger partial charge is 0.469 e. The van der Waals surface area contributed by atoms with Crippen LogP contribution in [0.2, 0.25) is 0 Å². The molecule has 0 aromatic rings. The number of ether oxygens (including phenoxy) is 2. The first kappa shape index (κ1) is 52.3. The highest BCUT2D eigenvalue weighted by molar-refractivity contribution is 7.46. The minimum Gasteiger partial charge on any atom is -0.462 e. The molecule has 0 bridgehead atoms. The third-order valence-corrected chi connectivity index (χ3v) is 10.1. The van der Waals surface area contributed by atoms with Crippen molar-refractivity contribution in [3.05, 3.63) is 36.5 Å². The Labute approximate surface area is 332 Å². The summed E-state index contributed by atoms with van der Waals surface area (Å²) in [7, 11) is -4.76. The molecule has 0 amide bonds. The zero-order valence-corrected chi connectivity index (χ0v) is 35.8. The highest BCUT2D eigenvalue weighted by atomic mass is 31.2. The molecule has 9 heteroatoms. The molecule has 0 aliphatic rings. The molecule has 1 atom stereocenters. The van der Waals surface area contributed by atoms with Gasteiger partial charge in [-0.05, 0) is 70.6 Å². The van der Waals surface area contributed by atoms with Crippen molar-refractivity contribution in [2.24, 2.45) is 0 Å². The second-order valence-electron chi connectivity index (χ2n) is 15.0. The van der Waals surface area contributed by atoms with Crippen LogP contribution in [-0.2, 0) is 28.2 Å². The highest BCUT2D eigenvalue weighted by Crippen LogP contribution is 2.36. The molecule has 0 aliphatic carbocycles. The van der Waals surface area contributed by atoms with Gasteiger partial charge in [-0.1, -0.05) is 172 Å². The SMILES string of the molecule is CCCCC/C=C/C/C=C/CCCCCCCC(=O)O[C@H](COC(=O)CCCCCCCCCCCCC/C=C/CCCCCCCC)COP(=O)(O)O. The Morgan fingerprint density at radius 2 is 0.833 bits per heavy atom. The van der Waals surface area contributed by atoms with Crippen LogP contribution in [0.15, 0.2) is 36.5 Å². The van der Waals surface area contributed by atoms with E-state index in [1.165, 1.54) is 128 Å². The van der Waals surface area contributed by atoms with Crippen LogP contribution < -0.4 is 0 Å². The maximum Gasteiger partial charge on any atom is 0.469 e. The van der Waals surface area contributed by atoms with E-state index in [1.54, 1.807) is 0 Å². The van der Waals surface area contributed by atoms with E-state index in [0.29, 0.717) is 6.42 Å². The molecule has 0 aromatic heterocycles. The second kappa shape index (κ2) is 40.9. The number of rotatable bonds is 41. The van der Waals surface area contributed by atoms with Crippen molar-refractivity contribution in [3.63, 3.8) is 0 Å². The predicted molar refractivity (Wildman–Crippen MR) is 225 cm³/mol. The number of phosphoric acid groups is 1. The molecule has 316 valence electrons. The van der Waals surface area contributed by atoms with E-state index in [-0.39, 0.29) is 19.4 Å². The van der Waals surface area contributed by atoms with E-state index < -0.39 is 32.5 Å². The molecule has 2 N–H and O–H groups in total. The zero-order chi connectivity index (χ0) is 39.6. The Kier molecular flexibility index (Phi) is 39.6. The molecule has 0 unspecified atom stereocenters. The first-order chi connectivity index (χ1) is 26.3. The lowest BCUT2D eigenvalue weighted by Crippen LogP contribution is -2.29. The number of carbonyl (C=O) groups is 2. The van der Waals surface area contributed by atoms with E-state index in [9.17, 15) is 14.2 Å². The summed E-state index contributed by atoms with van der Waals surface area (Å²) in [5.74, 6) is -0.896. The van der Waals surface area contributed by atoms with Gasteiger partial charge in [0.15, 0.2) is 6.10 Å². The summed E-state index contributed by atoms with van der Waals surface area (Å²) in [6, 6.07) is 0. The number of hydrogen-bond donors (Lipinski definition) is 2. The first-order valence-electron chi connectivity index (χ1n) is 22.3. The van der Waals surface area contributed by atoms with Gasteiger partial charge in [0.2, 0.25) is 0 Å². The Morgan fingerprint density at radius 3 is 1.28 bits per heavy atom. The van der Waals surface area contributed by atoms with Crippen LogP contribution in [-0.4, -0.2) is 41.0 Å². The summed E-state index contributed by atoms with van der Waals surface area (Å²) in [5, 5.41) is 0. The average Bonchev–Trinajstić information content (AvgIpc) is 3.14. The maximum atomic E-state index is 12.4. The molecule has 0 rings (SSSR count). The van der Waals surface area contributed by atoms with Gasteiger partial charge in [-0.25, -0.2) is 4.57 Å². The van der Waals surface area contributed by atoms with Crippen molar-refractivity contribution in [1.82, 2.24) is 0 Å². The van der Waals surface area contributed by atoms with Gasteiger partial charge in [-0.3, -0.25) is 14.1 Å². The number of esters is 2. The third kappa shape index (κ3) is 43.0. The lowest BCUT2D eigenvalue weighted by Gasteiger charge is -2.18. The summed E-state index contributed by atoms with van der Waals surface area (Å²) >= 11 is 0. The van der Waals surface area contributed by atoms with Gasteiger partial charge >= 0.3 is 19.8 Å². The molecular weight excluding hydrogens is 699 g/mol. The maximum absolute atomic E-state index is 12.4. The van der Waals surface area contributed by atoms with Crippen molar-refractivity contribution in [1.29, 1.82) is 0 Å². The molecule has 0 aromatic carbocycles. The normalized spacial score (nSPS) is 12.7. The van der Waals surface area contributed by atoms with E-state index >= 15 is 0 Å². The van der Waals surface area contributed by atoms with Crippen molar-refractivity contribution < 1.29 is 37.9 Å². The summed E-state index contributed by atoms with van der Waals surface area (Å²) in [4.78, 5) is 42.9. The quantitative estimate of drug-likeness (QED) is 0.0272. The standard InChI is InChI=1S/C45H83O8P/c1-3-5-7-9-11-13-15-17-19-20-21-22-23-24-26-27-29-31-33-35-37-39-44(46)51-41-43(42-52-54(48,49)50)53-45(47)40-38-36-34-32-30-28-25-18-16-14-12-10-8-6-4-2/h12,14,17-19,25,43H,3-11,13,15-16,20-24,26-42H2,1-2H3,(H2,48,49,50)/b14-12+,19-17+,25-18+/t43-/m1/s1. The number of unbranched alkanes of at least 4 members (excludes halogenated alkanes) is 25. The number of phosphoric ester groups is 1. The topological polar surface area (TPSA) is 119 Å². The summed E-state index contributed by atoms with van der Waals surface area (Å²) in [6.07, 6.45) is 48.7. The molecule has 0 saturated heterocycles. The molecule has 0 saturated carbocycles. The lowest BCUT2D eigenvalue weighted by atomic mass is 10.0. The number of carbonyl (C=O) groups excluding carboxylic acids is 2. The van der Waals surface area contributed by atoms with Crippen LogP contribution in [0, 0.1) is 0 Å². The van der Waals surface area contributed by atoms with E-state index in [4.69, 9.17) is 19.3 Å². The van der Waals surface area contributed by atoms with Gasteiger partial charge in [-0.15, -0.1) is 0 Å². The van der Waals surface area contributed by atoms with Crippen molar-refractivity contribution >= 4 is 19.8 Å². The molecular formula is C45H83O8P. The van der Waals surface area contributed by atoms with Crippen molar-refractivity contribution in [3.8, 4) is 0 Å². The van der Waals surface area contributed by atoms with E-state index in [0.717, 1.165) is 57.8 Å². The molecule has 0 fully saturated rings. The van der Waals surface area contributed by atoms with E-state index in [2.05, 4.69) is 54.8 Å². The van der Waals surface area contributed by atoms with Gasteiger partial charge < -0.3 is 19.3 Å². The van der Waals surface area contributed by atoms with Crippen LogP contribution >= 0.6 is 7.82 Å². The van der Waals surface area contributed by atoms with Gasteiger partial charge in [0.25, 0.3) is 0 Å². The molecule has 0 aliphatic heterocycles. The van der Waals surface area contributed by atoms with Crippen LogP contribution in [0.5, 0.6) is 0 Å². The van der Waals surface area contributed by atoms with Gasteiger partial charge in [-0.2, -0.15) is 0 Å².